The Balaban J connectivity index is 2.15. The molecule has 0 spiro atoms. The minimum Gasteiger partial charge on any atom is -0.371 e. The Morgan fingerprint density at radius 3 is 2.65 bits per heavy atom. The van der Waals surface area contributed by atoms with Crippen LogP contribution in [0.25, 0.3) is 0 Å². The van der Waals surface area contributed by atoms with Gasteiger partial charge in [0.1, 0.15) is 15.8 Å². The molecular formula is C10H6Cl2FNOS2. The van der Waals surface area contributed by atoms with Gasteiger partial charge < -0.3 is 5.32 Å². The van der Waals surface area contributed by atoms with E-state index in [1.54, 1.807) is 12.1 Å². The first-order valence-electron chi connectivity index (χ1n) is 4.55. The minimum absolute atomic E-state index is 0.0821. The number of halogens is 3. The van der Waals surface area contributed by atoms with Crippen LogP contribution in [-0.2, 0) is 6.54 Å². The van der Waals surface area contributed by atoms with Crippen molar-refractivity contribution in [3.63, 3.8) is 0 Å². The molecule has 0 saturated heterocycles. The summed E-state index contributed by atoms with van der Waals surface area (Å²) in [5.74, 6) is -0.462. The van der Waals surface area contributed by atoms with Gasteiger partial charge in [0.25, 0.3) is 4.74 Å². The molecule has 1 N–H and O–H groups in total. The van der Waals surface area contributed by atoms with Crippen molar-refractivity contribution in [3.8, 4) is 0 Å². The second-order valence-electron chi connectivity index (χ2n) is 3.16. The first kappa shape index (κ1) is 12.8. The predicted molar refractivity (Wildman–Crippen MR) is 72.2 cm³/mol. The van der Waals surface area contributed by atoms with E-state index in [2.05, 4.69) is 5.32 Å². The van der Waals surface area contributed by atoms with Gasteiger partial charge >= 0.3 is 0 Å². The smallest absolute Gasteiger partial charge is 0.263 e. The van der Waals surface area contributed by atoms with Crippen LogP contribution in [0.2, 0.25) is 10.0 Å². The predicted octanol–water partition coefficient (Wildman–Crippen LogP) is 4.23. The summed E-state index contributed by atoms with van der Waals surface area (Å²) in [5, 5.41) is 3.80. The van der Waals surface area contributed by atoms with Crippen LogP contribution in [0.3, 0.4) is 0 Å². The maximum Gasteiger partial charge on any atom is 0.263 e. The van der Waals surface area contributed by atoms with Crippen molar-refractivity contribution in [2.24, 2.45) is 0 Å². The standard InChI is InChI=1S/C10H6Cl2FNOS2/c11-7-5(2-1-3-6(7)13)4-14-9-8(12)10(15)17-16-9/h1-3,14H,4H2. The maximum absolute atomic E-state index is 13.2. The average molecular weight is 310 g/mol. The van der Waals surface area contributed by atoms with Crippen molar-refractivity contribution in [1.29, 1.82) is 0 Å². The van der Waals surface area contributed by atoms with Crippen LogP contribution >= 0.6 is 43.9 Å². The topological polar surface area (TPSA) is 29.1 Å². The zero-order chi connectivity index (χ0) is 12.4. The number of hydrogen-bond donors (Lipinski definition) is 1. The third kappa shape index (κ3) is 2.80. The molecule has 0 fully saturated rings. The van der Waals surface area contributed by atoms with Crippen LogP contribution in [0.1, 0.15) is 5.56 Å². The highest BCUT2D eigenvalue weighted by Crippen LogP contribution is 2.28. The molecule has 0 bridgehead atoms. The molecule has 2 nitrogen and oxygen atoms in total. The Morgan fingerprint density at radius 2 is 2.00 bits per heavy atom. The highest BCUT2D eigenvalue weighted by atomic mass is 35.5. The summed E-state index contributed by atoms with van der Waals surface area (Å²) < 4.78 is 13.0. The van der Waals surface area contributed by atoms with Crippen LogP contribution in [0.15, 0.2) is 23.0 Å². The average Bonchev–Trinajstić information content (AvgIpc) is 2.62. The second kappa shape index (κ2) is 5.35. The van der Waals surface area contributed by atoms with Gasteiger partial charge in [0, 0.05) is 6.54 Å². The molecule has 0 aliphatic heterocycles. The van der Waals surface area contributed by atoms with E-state index in [0.717, 1.165) is 10.3 Å². The Bertz CT molecular complexity index is 596. The fraction of sp³-hybridized carbons (Fsp3) is 0.100. The molecule has 17 heavy (non-hydrogen) atoms. The summed E-state index contributed by atoms with van der Waals surface area (Å²) in [6.45, 7) is 0.322. The molecule has 0 radical (unpaired) electrons. The molecule has 2 aromatic rings. The first-order chi connectivity index (χ1) is 8.09. The Kier molecular flexibility index (Phi) is 4.04. The largest absolute Gasteiger partial charge is 0.371 e. The molecule has 7 heteroatoms. The van der Waals surface area contributed by atoms with Gasteiger partial charge in [0.2, 0.25) is 0 Å². The quantitative estimate of drug-likeness (QED) is 0.860. The molecule has 1 aromatic carbocycles. The van der Waals surface area contributed by atoms with Crippen LogP contribution in [-0.4, -0.2) is 0 Å². The van der Waals surface area contributed by atoms with Gasteiger partial charge in [-0.15, -0.1) is 0 Å². The highest BCUT2D eigenvalue weighted by Gasteiger charge is 2.09. The highest BCUT2D eigenvalue weighted by molar-refractivity contribution is 7.70. The zero-order valence-corrected chi connectivity index (χ0v) is 11.4. The lowest BCUT2D eigenvalue weighted by Crippen LogP contribution is -2.01. The number of rotatable bonds is 3. The first-order valence-corrected chi connectivity index (χ1v) is 7.45. The van der Waals surface area contributed by atoms with Crippen LogP contribution in [0.5, 0.6) is 0 Å². The van der Waals surface area contributed by atoms with Crippen molar-refractivity contribution < 1.29 is 4.39 Å². The van der Waals surface area contributed by atoms with Gasteiger partial charge in [0.05, 0.1) is 5.02 Å². The number of benzene rings is 1. The molecule has 0 saturated carbocycles. The molecular weight excluding hydrogens is 304 g/mol. The van der Waals surface area contributed by atoms with Gasteiger partial charge in [-0.2, -0.15) is 0 Å². The molecule has 0 amide bonds. The Labute approximate surface area is 114 Å². The van der Waals surface area contributed by atoms with Crippen molar-refractivity contribution in [3.05, 3.63) is 49.2 Å². The maximum atomic E-state index is 13.2. The van der Waals surface area contributed by atoms with Crippen molar-refractivity contribution >= 4 is 48.9 Å². The lowest BCUT2D eigenvalue weighted by Gasteiger charge is -2.06. The zero-order valence-electron chi connectivity index (χ0n) is 8.30. The summed E-state index contributed by atoms with van der Waals surface area (Å²) in [6, 6.07) is 4.58. The summed E-state index contributed by atoms with van der Waals surface area (Å²) in [7, 11) is 2.31. The second-order valence-corrected chi connectivity index (χ2v) is 6.03. The number of anilines is 1. The van der Waals surface area contributed by atoms with Crippen LogP contribution < -0.4 is 10.1 Å². The van der Waals surface area contributed by atoms with E-state index in [9.17, 15) is 9.18 Å². The molecule has 0 atom stereocenters. The number of nitrogens with one attached hydrogen (secondary N) is 1. The fourth-order valence-corrected chi connectivity index (χ4v) is 3.83. The molecule has 1 aromatic heterocycles. The van der Waals surface area contributed by atoms with Gasteiger partial charge in [0.15, 0.2) is 0 Å². The van der Waals surface area contributed by atoms with Gasteiger partial charge in [-0.05, 0) is 22.0 Å². The van der Waals surface area contributed by atoms with E-state index in [0.29, 0.717) is 17.1 Å². The molecule has 1 heterocycles. The van der Waals surface area contributed by atoms with Crippen molar-refractivity contribution in [2.45, 2.75) is 6.54 Å². The summed E-state index contributed by atoms with van der Waals surface area (Å²) in [5.41, 5.74) is 0.619. The van der Waals surface area contributed by atoms with Gasteiger partial charge in [-0.1, -0.05) is 45.7 Å². The van der Waals surface area contributed by atoms with Gasteiger partial charge in [-0.25, -0.2) is 4.39 Å². The van der Waals surface area contributed by atoms with Crippen molar-refractivity contribution in [1.82, 2.24) is 0 Å². The van der Waals surface area contributed by atoms with E-state index in [-0.39, 0.29) is 14.8 Å². The minimum atomic E-state index is -0.462. The van der Waals surface area contributed by atoms with E-state index < -0.39 is 5.82 Å². The lowest BCUT2D eigenvalue weighted by atomic mass is 10.2. The van der Waals surface area contributed by atoms with Gasteiger partial charge in [-0.3, -0.25) is 4.79 Å². The Hall–Kier alpha value is -0.620. The molecule has 2 rings (SSSR count). The summed E-state index contributed by atoms with van der Waals surface area (Å²) in [4.78, 5) is 11.1. The molecule has 0 unspecified atom stereocenters. The number of hydrogen-bond acceptors (Lipinski definition) is 4. The third-order valence-electron chi connectivity index (χ3n) is 2.05. The molecule has 90 valence electrons. The van der Waals surface area contributed by atoms with Crippen LogP contribution in [0, 0.1) is 5.82 Å². The van der Waals surface area contributed by atoms with Crippen LogP contribution in [0.4, 0.5) is 9.39 Å². The van der Waals surface area contributed by atoms with E-state index in [1.807, 2.05) is 0 Å². The Morgan fingerprint density at radius 1 is 1.24 bits per heavy atom. The van der Waals surface area contributed by atoms with E-state index in [1.165, 1.54) is 16.4 Å². The summed E-state index contributed by atoms with van der Waals surface area (Å²) in [6.07, 6.45) is 0. The third-order valence-corrected chi connectivity index (χ3v) is 5.22. The SMILES string of the molecule is O=c1ssc(NCc2cccc(F)c2Cl)c1Cl. The molecule has 0 aliphatic carbocycles. The normalized spacial score (nSPS) is 10.5. The summed E-state index contributed by atoms with van der Waals surface area (Å²) >= 11 is 11.6. The van der Waals surface area contributed by atoms with E-state index in [4.69, 9.17) is 23.2 Å². The lowest BCUT2D eigenvalue weighted by molar-refractivity contribution is 0.626. The van der Waals surface area contributed by atoms with Crippen molar-refractivity contribution in [2.75, 3.05) is 5.32 Å². The molecule has 0 aliphatic rings. The van der Waals surface area contributed by atoms with E-state index >= 15 is 0 Å². The monoisotopic (exact) mass is 309 g/mol. The fourth-order valence-electron chi connectivity index (χ4n) is 1.21.